The topological polar surface area (TPSA) is 66.4 Å². The standard InChI is InChI=1S/C13H19F2NO3S/c1-3-9(4-2)7-16-20(18,19)12-6-10(8-17)5-11(14)13(12)15/h5-6,9,16-17H,3-4,7-8H2,1-2H3. The van der Waals surface area contributed by atoms with Crippen molar-refractivity contribution in [3.8, 4) is 0 Å². The molecule has 0 bridgehead atoms. The third-order valence-corrected chi connectivity index (χ3v) is 4.67. The summed E-state index contributed by atoms with van der Waals surface area (Å²) in [5.41, 5.74) is 0.00630. The number of hydrogen-bond donors (Lipinski definition) is 2. The molecule has 0 aliphatic heterocycles. The lowest BCUT2D eigenvalue weighted by Crippen LogP contribution is -2.30. The summed E-state index contributed by atoms with van der Waals surface area (Å²) in [4.78, 5) is -0.771. The van der Waals surface area contributed by atoms with Crippen LogP contribution in [0, 0.1) is 17.6 Å². The summed E-state index contributed by atoms with van der Waals surface area (Å²) in [5.74, 6) is -2.59. The second kappa shape index (κ2) is 7.10. The largest absolute Gasteiger partial charge is 0.392 e. The van der Waals surface area contributed by atoms with Gasteiger partial charge in [-0.05, 0) is 23.6 Å². The van der Waals surface area contributed by atoms with Crippen molar-refractivity contribution in [2.45, 2.75) is 38.2 Å². The summed E-state index contributed by atoms with van der Waals surface area (Å²) in [6.45, 7) is 3.45. The first-order chi connectivity index (χ1) is 9.35. The van der Waals surface area contributed by atoms with Crippen LogP contribution in [0.5, 0.6) is 0 Å². The Balaban J connectivity index is 3.06. The summed E-state index contributed by atoms with van der Waals surface area (Å²) in [6.07, 6.45) is 1.57. The third kappa shape index (κ3) is 3.97. The lowest BCUT2D eigenvalue weighted by Gasteiger charge is -2.14. The van der Waals surface area contributed by atoms with E-state index in [9.17, 15) is 17.2 Å². The molecular formula is C13H19F2NO3S. The molecule has 7 heteroatoms. The maximum atomic E-state index is 13.6. The molecule has 0 spiro atoms. The van der Waals surface area contributed by atoms with Gasteiger partial charge in [0.25, 0.3) is 0 Å². The molecule has 0 saturated heterocycles. The van der Waals surface area contributed by atoms with E-state index in [0.717, 1.165) is 25.0 Å². The highest BCUT2D eigenvalue weighted by molar-refractivity contribution is 7.89. The van der Waals surface area contributed by atoms with E-state index in [1.54, 1.807) is 0 Å². The van der Waals surface area contributed by atoms with Crippen molar-refractivity contribution in [1.29, 1.82) is 0 Å². The van der Waals surface area contributed by atoms with E-state index in [0.29, 0.717) is 0 Å². The highest BCUT2D eigenvalue weighted by atomic mass is 32.2. The molecular weight excluding hydrogens is 288 g/mol. The van der Waals surface area contributed by atoms with Gasteiger partial charge in [-0.1, -0.05) is 26.7 Å². The van der Waals surface area contributed by atoms with E-state index in [-0.39, 0.29) is 18.0 Å². The van der Waals surface area contributed by atoms with Gasteiger partial charge in [-0.2, -0.15) is 0 Å². The zero-order valence-corrected chi connectivity index (χ0v) is 12.3. The molecule has 1 rings (SSSR count). The Hall–Kier alpha value is -1.05. The van der Waals surface area contributed by atoms with Crippen molar-refractivity contribution in [2.24, 2.45) is 5.92 Å². The molecule has 0 saturated carbocycles. The molecule has 0 radical (unpaired) electrons. The highest BCUT2D eigenvalue weighted by Gasteiger charge is 2.23. The molecule has 0 aromatic heterocycles. The van der Waals surface area contributed by atoms with Gasteiger partial charge in [0.1, 0.15) is 4.90 Å². The monoisotopic (exact) mass is 307 g/mol. The Morgan fingerprint density at radius 3 is 2.35 bits per heavy atom. The number of rotatable bonds is 7. The van der Waals surface area contributed by atoms with Crippen molar-refractivity contribution in [3.63, 3.8) is 0 Å². The quantitative estimate of drug-likeness (QED) is 0.811. The summed E-state index contributed by atoms with van der Waals surface area (Å²) >= 11 is 0. The minimum atomic E-state index is -4.14. The van der Waals surface area contributed by atoms with Gasteiger partial charge < -0.3 is 5.11 Å². The molecule has 114 valence electrons. The van der Waals surface area contributed by atoms with Crippen molar-refractivity contribution in [2.75, 3.05) is 6.54 Å². The van der Waals surface area contributed by atoms with E-state index >= 15 is 0 Å². The van der Waals surface area contributed by atoms with Gasteiger partial charge >= 0.3 is 0 Å². The number of hydrogen-bond acceptors (Lipinski definition) is 3. The van der Waals surface area contributed by atoms with E-state index < -0.39 is 33.2 Å². The number of sulfonamides is 1. The minimum Gasteiger partial charge on any atom is -0.392 e. The molecule has 4 nitrogen and oxygen atoms in total. The van der Waals surface area contributed by atoms with Gasteiger partial charge in [0.15, 0.2) is 11.6 Å². The molecule has 1 aromatic carbocycles. The smallest absolute Gasteiger partial charge is 0.243 e. The fourth-order valence-corrected chi connectivity index (χ4v) is 3.04. The Labute approximate surface area is 117 Å². The molecule has 20 heavy (non-hydrogen) atoms. The fourth-order valence-electron chi connectivity index (χ4n) is 1.79. The van der Waals surface area contributed by atoms with Crippen LogP contribution in [0.25, 0.3) is 0 Å². The van der Waals surface area contributed by atoms with E-state index in [1.807, 2.05) is 13.8 Å². The second-order valence-electron chi connectivity index (χ2n) is 4.58. The van der Waals surface area contributed by atoms with Gasteiger partial charge in [0, 0.05) is 6.54 Å². The number of nitrogens with one attached hydrogen (secondary N) is 1. The Kier molecular flexibility index (Phi) is 6.04. The van der Waals surface area contributed by atoms with E-state index in [4.69, 9.17) is 5.11 Å². The van der Waals surface area contributed by atoms with Crippen LogP contribution in [0.15, 0.2) is 17.0 Å². The zero-order chi connectivity index (χ0) is 15.3. The van der Waals surface area contributed by atoms with Crippen molar-refractivity contribution < 1.29 is 22.3 Å². The predicted octanol–water partition coefficient (Wildman–Crippen LogP) is 2.17. The molecule has 0 atom stereocenters. The van der Waals surface area contributed by atoms with Crippen LogP contribution in [-0.2, 0) is 16.6 Å². The number of benzene rings is 1. The van der Waals surface area contributed by atoms with Gasteiger partial charge in [0.05, 0.1) is 6.61 Å². The molecule has 0 aliphatic rings. The van der Waals surface area contributed by atoms with Crippen LogP contribution in [0.1, 0.15) is 32.3 Å². The Morgan fingerprint density at radius 1 is 1.25 bits per heavy atom. The number of halogens is 2. The second-order valence-corrected chi connectivity index (χ2v) is 6.32. The average molecular weight is 307 g/mol. The molecule has 0 fully saturated rings. The molecule has 2 N–H and O–H groups in total. The maximum Gasteiger partial charge on any atom is 0.243 e. The van der Waals surface area contributed by atoms with Crippen molar-refractivity contribution in [3.05, 3.63) is 29.3 Å². The minimum absolute atomic E-state index is 0.00630. The Bertz CT molecular complexity index is 557. The lowest BCUT2D eigenvalue weighted by molar-refractivity contribution is 0.280. The molecule has 0 unspecified atom stereocenters. The fraction of sp³-hybridized carbons (Fsp3) is 0.538. The van der Waals surface area contributed by atoms with Crippen LogP contribution in [0.3, 0.4) is 0 Å². The summed E-state index contributed by atoms with van der Waals surface area (Å²) < 4.78 is 53.2. The molecule has 1 aromatic rings. The van der Waals surface area contributed by atoms with Crippen molar-refractivity contribution >= 4 is 10.0 Å². The Morgan fingerprint density at radius 2 is 1.85 bits per heavy atom. The summed E-state index contributed by atoms with van der Waals surface area (Å²) in [5, 5.41) is 8.93. The lowest BCUT2D eigenvalue weighted by atomic mass is 10.0. The van der Waals surface area contributed by atoms with Gasteiger partial charge in [-0.3, -0.25) is 0 Å². The first-order valence-electron chi connectivity index (χ1n) is 6.44. The van der Waals surface area contributed by atoms with Crippen LogP contribution in [-0.4, -0.2) is 20.1 Å². The van der Waals surface area contributed by atoms with E-state index in [2.05, 4.69) is 4.72 Å². The van der Waals surface area contributed by atoms with Crippen LogP contribution in [0.4, 0.5) is 8.78 Å². The normalized spacial score (nSPS) is 12.1. The predicted molar refractivity (Wildman–Crippen MR) is 71.5 cm³/mol. The summed E-state index contributed by atoms with van der Waals surface area (Å²) in [7, 11) is -4.14. The first-order valence-corrected chi connectivity index (χ1v) is 7.92. The number of aliphatic hydroxyl groups excluding tert-OH is 1. The highest BCUT2D eigenvalue weighted by Crippen LogP contribution is 2.20. The number of aliphatic hydroxyl groups is 1. The van der Waals surface area contributed by atoms with Gasteiger partial charge in [-0.15, -0.1) is 0 Å². The average Bonchev–Trinajstić information content (AvgIpc) is 2.42. The molecule has 0 aliphatic carbocycles. The van der Waals surface area contributed by atoms with Crippen molar-refractivity contribution in [1.82, 2.24) is 4.72 Å². The molecule has 0 heterocycles. The summed E-state index contributed by atoms with van der Waals surface area (Å²) in [6, 6.07) is 1.71. The van der Waals surface area contributed by atoms with Crippen LogP contribution < -0.4 is 4.72 Å². The van der Waals surface area contributed by atoms with Crippen LogP contribution >= 0.6 is 0 Å². The maximum absolute atomic E-state index is 13.6. The van der Waals surface area contributed by atoms with Crippen LogP contribution in [0.2, 0.25) is 0 Å². The molecule has 0 amide bonds. The zero-order valence-electron chi connectivity index (χ0n) is 11.5. The van der Waals surface area contributed by atoms with E-state index in [1.165, 1.54) is 0 Å². The van der Waals surface area contributed by atoms with Gasteiger partial charge in [-0.25, -0.2) is 21.9 Å². The third-order valence-electron chi connectivity index (χ3n) is 3.24. The first kappa shape index (κ1) is 17.0. The van der Waals surface area contributed by atoms with Gasteiger partial charge in [0.2, 0.25) is 10.0 Å². The SMILES string of the molecule is CCC(CC)CNS(=O)(=O)c1cc(CO)cc(F)c1F.